The van der Waals surface area contributed by atoms with Gasteiger partial charge in [-0.3, -0.25) is 0 Å². The van der Waals surface area contributed by atoms with Crippen LogP contribution in [0, 0.1) is 0 Å². The molecule has 0 aliphatic heterocycles. The Bertz CT molecular complexity index is 735. The molecule has 0 heterocycles. The number of oxime groups is 1. The van der Waals surface area contributed by atoms with Crippen LogP contribution >= 0.6 is 0 Å². The van der Waals surface area contributed by atoms with E-state index in [1.54, 1.807) is 24.3 Å². The summed E-state index contributed by atoms with van der Waals surface area (Å²) >= 11 is 0. The molecule has 126 valence electrons. The molecule has 0 aliphatic rings. The molecule has 0 atom stereocenters. The maximum absolute atomic E-state index is 12.7. The van der Waals surface area contributed by atoms with E-state index in [-0.39, 0.29) is 5.71 Å². The van der Waals surface area contributed by atoms with Crippen molar-refractivity contribution in [2.75, 3.05) is 7.11 Å². The first kappa shape index (κ1) is 17.5. The number of hydrogen-bond acceptors (Lipinski definition) is 4. The van der Waals surface area contributed by atoms with Crippen molar-refractivity contribution in [2.24, 2.45) is 5.16 Å². The third-order valence-electron chi connectivity index (χ3n) is 3.11. The summed E-state index contributed by atoms with van der Waals surface area (Å²) in [5.41, 5.74) is 0.417. The van der Waals surface area contributed by atoms with Gasteiger partial charge in [0.15, 0.2) is 0 Å². The Labute approximate surface area is 136 Å². The predicted octanol–water partition coefficient (Wildman–Crippen LogP) is 4.03. The molecule has 2 aromatic carbocycles. The van der Waals surface area contributed by atoms with Gasteiger partial charge in [-0.15, -0.1) is 0 Å². The van der Waals surface area contributed by atoms with Crippen LogP contribution in [0.5, 0.6) is 5.75 Å². The fourth-order valence-corrected chi connectivity index (χ4v) is 1.95. The number of ether oxygens (including phenoxy) is 1. The summed E-state index contributed by atoms with van der Waals surface area (Å²) in [6.07, 6.45) is -4.42. The van der Waals surface area contributed by atoms with Gasteiger partial charge in [0.25, 0.3) is 0 Å². The Hall–Kier alpha value is -2.83. The van der Waals surface area contributed by atoms with Gasteiger partial charge in [-0.05, 0) is 36.4 Å². The standard InChI is InChI=1S/C17H14F3NO3/c1-11(22)24-21-16(13-5-9-15(23-2)10-6-13)12-3-7-14(8-4-12)17(18,19)20/h3-10H,1-2H3/b21-16+. The molecular formula is C17H14F3NO3. The number of halogens is 3. The van der Waals surface area contributed by atoms with Gasteiger partial charge in [0, 0.05) is 18.1 Å². The van der Waals surface area contributed by atoms with Crippen molar-refractivity contribution in [3.63, 3.8) is 0 Å². The minimum absolute atomic E-state index is 0.238. The van der Waals surface area contributed by atoms with Crippen molar-refractivity contribution in [1.29, 1.82) is 0 Å². The molecular weight excluding hydrogens is 323 g/mol. The fraction of sp³-hybridized carbons (Fsp3) is 0.176. The number of methoxy groups -OCH3 is 1. The fourth-order valence-electron chi connectivity index (χ4n) is 1.95. The van der Waals surface area contributed by atoms with Gasteiger partial charge < -0.3 is 9.57 Å². The number of benzene rings is 2. The molecule has 0 N–H and O–H groups in total. The van der Waals surface area contributed by atoms with Crippen molar-refractivity contribution >= 4 is 11.7 Å². The van der Waals surface area contributed by atoms with E-state index in [9.17, 15) is 18.0 Å². The smallest absolute Gasteiger partial charge is 0.416 e. The lowest BCUT2D eigenvalue weighted by Crippen LogP contribution is -2.08. The van der Waals surface area contributed by atoms with Crippen molar-refractivity contribution < 1.29 is 27.5 Å². The van der Waals surface area contributed by atoms with Crippen molar-refractivity contribution in [2.45, 2.75) is 13.1 Å². The first-order valence-corrected chi connectivity index (χ1v) is 6.89. The van der Waals surface area contributed by atoms with Gasteiger partial charge in [-0.25, -0.2) is 4.79 Å². The zero-order valence-corrected chi connectivity index (χ0v) is 12.9. The lowest BCUT2D eigenvalue weighted by molar-refractivity contribution is -0.141. The molecule has 0 fully saturated rings. The summed E-state index contributed by atoms with van der Waals surface area (Å²) in [6.45, 7) is 1.18. The van der Waals surface area contributed by atoms with Crippen LogP contribution in [0.2, 0.25) is 0 Å². The van der Waals surface area contributed by atoms with Crippen LogP contribution in [0.1, 0.15) is 23.6 Å². The molecule has 24 heavy (non-hydrogen) atoms. The average Bonchev–Trinajstić information content (AvgIpc) is 2.55. The van der Waals surface area contributed by atoms with Gasteiger partial charge in [0.2, 0.25) is 0 Å². The van der Waals surface area contributed by atoms with Crippen LogP contribution in [-0.4, -0.2) is 18.8 Å². The Balaban J connectivity index is 2.42. The van der Waals surface area contributed by atoms with E-state index in [1.165, 1.54) is 26.2 Å². The molecule has 0 spiro atoms. The number of hydrogen-bond donors (Lipinski definition) is 0. The molecule has 7 heteroatoms. The van der Waals surface area contributed by atoms with Crippen LogP contribution in [0.3, 0.4) is 0 Å². The molecule has 0 saturated carbocycles. The lowest BCUT2D eigenvalue weighted by Gasteiger charge is -2.10. The highest BCUT2D eigenvalue weighted by Crippen LogP contribution is 2.29. The second-order valence-corrected chi connectivity index (χ2v) is 4.83. The van der Waals surface area contributed by atoms with E-state index in [4.69, 9.17) is 4.74 Å². The monoisotopic (exact) mass is 337 g/mol. The van der Waals surface area contributed by atoms with Crippen molar-refractivity contribution in [3.8, 4) is 5.75 Å². The largest absolute Gasteiger partial charge is 0.497 e. The second-order valence-electron chi connectivity index (χ2n) is 4.83. The summed E-state index contributed by atoms with van der Waals surface area (Å²) < 4.78 is 43.1. The number of carbonyl (C=O) groups excluding carboxylic acids is 1. The van der Waals surface area contributed by atoms with Crippen LogP contribution in [0.4, 0.5) is 13.2 Å². The first-order chi connectivity index (χ1) is 11.3. The first-order valence-electron chi connectivity index (χ1n) is 6.89. The van der Waals surface area contributed by atoms with Crippen molar-refractivity contribution in [1.82, 2.24) is 0 Å². The molecule has 0 amide bonds. The minimum Gasteiger partial charge on any atom is -0.497 e. The molecule has 0 saturated heterocycles. The van der Waals surface area contributed by atoms with E-state index >= 15 is 0 Å². The van der Waals surface area contributed by atoms with Gasteiger partial charge in [-0.2, -0.15) is 13.2 Å². The van der Waals surface area contributed by atoms with Gasteiger partial charge in [0.1, 0.15) is 11.5 Å². The summed E-state index contributed by atoms with van der Waals surface area (Å²) in [6, 6.07) is 11.1. The third-order valence-corrected chi connectivity index (χ3v) is 3.11. The minimum atomic E-state index is -4.42. The van der Waals surface area contributed by atoms with Crippen LogP contribution in [0.25, 0.3) is 0 Å². The van der Waals surface area contributed by atoms with Gasteiger partial charge in [0.05, 0.1) is 12.7 Å². The van der Waals surface area contributed by atoms with E-state index < -0.39 is 17.7 Å². The molecule has 0 aromatic heterocycles. The van der Waals surface area contributed by atoms with Crippen LogP contribution in [-0.2, 0) is 15.8 Å². The van der Waals surface area contributed by atoms with E-state index in [1.807, 2.05) is 0 Å². The SMILES string of the molecule is COc1ccc(/C(=N/OC(C)=O)c2ccc(C(F)(F)F)cc2)cc1. The Kier molecular flexibility index (Phi) is 5.23. The summed E-state index contributed by atoms with van der Waals surface area (Å²) in [5, 5.41) is 3.76. The Morgan fingerprint density at radius 1 is 0.958 bits per heavy atom. The summed E-state index contributed by atoms with van der Waals surface area (Å²) in [4.78, 5) is 15.7. The highest BCUT2D eigenvalue weighted by molar-refractivity contribution is 6.12. The topological polar surface area (TPSA) is 47.9 Å². The summed E-state index contributed by atoms with van der Waals surface area (Å²) in [7, 11) is 1.51. The zero-order valence-electron chi connectivity index (χ0n) is 12.9. The second kappa shape index (κ2) is 7.16. The van der Waals surface area contributed by atoms with E-state index in [0.29, 0.717) is 16.9 Å². The average molecular weight is 337 g/mol. The molecule has 0 bridgehead atoms. The zero-order chi connectivity index (χ0) is 17.7. The quantitative estimate of drug-likeness (QED) is 0.481. The summed E-state index contributed by atoms with van der Waals surface area (Å²) in [5.74, 6) is -0.0223. The predicted molar refractivity (Wildman–Crippen MR) is 81.8 cm³/mol. The van der Waals surface area contributed by atoms with E-state index in [0.717, 1.165) is 12.1 Å². The Morgan fingerprint density at radius 2 is 1.46 bits per heavy atom. The molecule has 2 rings (SSSR count). The molecule has 0 aliphatic carbocycles. The maximum atomic E-state index is 12.7. The van der Waals surface area contributed by atoms with Crippen molar-refractivity contribution in [3.05, 3.63) is 65.2 Å². The lowest BCUT2D eigenvalue weighted by atomic mass is 10.0. The molecule has 0 unspecified atom stereocenters. The molecule has 4 nitrogen and oxygen atoms in total. The molecule has 2 aromatic rings. The maximum Gasteiger partial charge on any atom is 0.416 e. The highest BCUT2D eigenvalue weighted by atomic mass is 19.4. The van der Waals surface area contributed by atoms with Gasteiger partial charge >= 0.3 is 12.1 Å². The molecule has 0 radical (unpaired) electrons. The Morgan fingerprint density at radius 3 is 1.88 bits per heavy atom. The number of rotatable bonds is 4. The number of nitrogens with zero attached hydrogens (tertiary/aromatic N) is 1. The van der Waals surface area contributed by atoms with Gasteiger partial charge in [-0.1, -0.05) is 17.3 Å². The highest BCUT2D eigenvalue weighted by Gasteiger charge is 2.30. The third kappa shape index (κ3) is 4.34. The number of alkyl halides is 3. The van der Waals surface area contributed by atoms with Crippen LogP contribution in [0.15, 0.2) is 53.7 Å². The number of carbonyl (C=O) groups is 1. The van der Waals surface area contributed by atoms with Crippen LogP contribution < -0.4 is 4.74 Å². The van der Waals surface area contributed by atoms with E-state index in [2.05, 4.69) is 9.99 Å². The normalized spacial score (nSPS) is 12.0.